The van der Waals surface area contributed by atoms with Gasteiger partial charge in [0.15, 0.2) is 0 Å². The molecule has 0 atom stereocenters. The quantitative estimate of drug-likeness (QED) is 0.801. The van der Waals surface area contributed by atoms with Gasteiger partial charge in [0.2, 0.25) is 5.91 Å². The van der Waals surface area contributed by atoms with Gasteiger partial charge in [-0.3, -0.25) is 4.79 Å². The number of halogens is 3. The van der Waals surface area contributed by atoms with Crippen LogP contribution in [0.25, 0.3) is 0 Å². The third kappa shape index (κ3) is 2.57. The maximum atomic E-state index is 12.4. The number of hydrogen-bond donors (Lipinski definition) is 2. The molecule has 1 aliphatic rings. The number of amides is 1. The molecule has 1 aromatic rings. The Balaban J connectivity index is 2.12. The highest BCUT2D eigenvalue weighted by Gasteiger charge is 2.31. The first-order chi connectivity index (χ1) is 8.38. The maximum absolute atomic E-state index is 12.4. The van der Waals surface area contributed by atoms with Crippen LogP contribution in [-0.2, 0) is 11.0 Å². The number of alkyl halides is 3. The molecule has 1 aromatic carbocycles. The molecule has 0 radical (unpaired) electrons. The molecule has 1 amide bonds. The largest absolute Gasteiger partial charge is 0.416 e. The van der Waals surface area contributed by atoms with Crippen molar-refractivity contribution in [1.82, 2.24) is 0 Å². The second-order valence-electron chi connectivity index (χ2n) is 4.42. The predicted molar refractivity (Wildman–Crippen MR) is 61.8 cm³/mol. The zero-order chi connectivity index (χ0) is 13.3. The van der Waals surface area contributed by atoms with E-state index in [1.54, 1.807) is 0 Å². The SMILES string of the molecule is Nc1cc(C(F)(F)F)ccc1NC(=O)C1CCC1. The minimum atomic E-state index is -4.43. The van der Waals surface area contributed by atoms with Crippen molar-refractivity contribution in [3.63, 3.8) is 0 Å². The highest BCUT2D eigenvalue weighted by atomic mass is 19.4. The lowest BCUT2D eigenvalue weighted by atomic mass is 9.85. The summed E-state index contributed by atoms with van der Waals surface area (Å²) in [5.74, 6) is -0.209. The molecule has 0 aromatic heterocycles. The monoisotopic (exact) mass is 258 g/mol. The number of nitrogens with two attached hydrogens (primary N) is 1. The van der Waals surface area contributed by atoms with E-state index in [1.807, 2.05) is 0 Å². The van der Waals surface area contributed by atoms with E-state index in [-0.39, 0.29) is 23.2 Å². The Bertz CT molecular complexity index is 467. The molecule has 98 valence electrons. The van der Waals surface area contributed by atoms with E-state index in [2.05, 4.69) is 5.32 Å². The molecule has 0 unspecified atom stereocenters. The van der Waals surface area contributed by atoms with Gasteiger partial charge < -0.3 is 11.1 Å². The summed E-state index contributed by atoms with van der Waals surface area (Å²) >= 11 is 0. The molecule has 0 heterocycles. The molecule has 0 spiro atoms. The highest BCUT2D eigenvalue weighted by Crippen LogP contribution is 2.33. The van der Waals surface area contributed by atoms with Gasteiger partial charge in [-0.25, -0.2) is 0 Å². The predicted octanol–water partition coefficient (Wildman–Crippen LogP) is 3.03. The Morgan fingerprint density at radius 2 is 2.00 bits per heavy atom. The summed E-state index contributed by atoms with van der Waals surface area (Å²) in [6.45, 7) is 0. The number of carbonyl (C=O) groups is 1. The zero-order valence-corrected chi connectivity index (χ0v) is 9.55. The van der Waals surface area contributed by atoms with Gasteiger partial charge >= 0.3 is 6.18 Å². The second-order valence-corrected chi connectivity index (χ2v) is 4.42. The van der Waals surface area contributed by atoms with Crippen LogP contribution in [0, 0.1) is 5.92 Å². The van der Waals surface area contributed by atoms with Crippen molar-refractivity contribution in [2.24, 2.45) is 5.92 Å². The normalized spacial score (nSPS) is 16.2. The lowest BCUT2D eigenvalue weighted by Gasteiger charge is -2.24. The number of carbonyl (C=O) groups excluding carboxylic acids is 1. The molecule has 0 bridgehead atoms. The molecule has 2 rings (SSSR count). The highest BCUT2D eigenvalue weighted by molar-refractivity contribution is 5.95. The van der Waals surface area contributed by atoms with Gasteiger partial charge in [-0.1, -0.05) is 6.42 Å². The Kier molecular flexibility index (Phi) is 3.19. The Labute approximate surface area is 102 Å². The van der Waals surface area contributed by atoms with Crippen LogP contribution in [0.15, 0.2) is 18.2 Å². The van der Waals surface area contributed by atoms with Crippen LogP contribution >= 0.6 is 0 Å². The van der Waals surface area contributed by atoms with E-state index in [1.165, 1.54) is 6.07 Å². The van der Waals surface area contributed by atoms with Crippen LogP contribution in [0.4, 0.5) is 24.5 Å². The molecular weight excluding hydrogens is 245 g/mol. The average molecular weight is 258 g/mol. The van der Waals surface area contributed by atoms with Crippen molar-refractivity contribution >= 4 is 17.3 Å². The first-order valence-corrected chi connectivity index (χ1v) is 5.65. The number of benzene rings is 1. The summed E-state index contributed by atoms with van der Waals surface area (Å²) in [6, 6.07) is 2.93. The topological polar surface area (TPSA) is 55.1 Å². The van der Waals surface area contributed by atoms with Crippen molar-refractivity contribution in [3.8, 4) is 0 Å². The van der Waals surface area contributed by atoms with Crippen LogP contribution < -0.4 is 11.1 Å². The summed E-state index contributed by atoms with van der Waals surface area (Å²) in [6.07, 6.45) is -1.76. The Hall–Kier alpha value is -1.72. The van der Waals surface area contributed by atoms with Crippen LogP contribution in [-0.4, -0.2) is 5.91 Å². The number of anilines is 2. The number of nitrogen functional groups attached to an aromatic ring is 1. The van der Waals surface area contributed by atoms with E-state index in [9.17, 15) is 18.0 Å². The maximum Gasteiger partial charge on any atom is 0.416 e. The molecule has 1 fully saturated rings. The van der Waals surface area contributed by atoms with Gasteiger partial charge in [0.1, 0.15) is 0 Å². The molecule has 1 saturated carbocycles. The lowest BCUT2D eigenvalue weighted by Crippen LogP contribution is -2.28. The van der Waals surface area contributed by atoms with Crippen LogP contribution in [0.5, 0.6) is 0 Å². The summed E-state index contributed by atoms with van der Waals surface area (Å²) < 4.78 is 37.2. The van der Waals surface area contributed by atoms with Gasteiger partial charge in [0.05, 0.1) is 16.9 Å². The first kappa shape index (κ1) is 12.7. The van der Waals surface area contributed by atoms with Crippen LogP contribution in [0.2, 0.25) is 0 Å². The second kappa shape index (κ2) is 4.51. The summed E-state index contributed by atoms with van der Waals surface area (Å²) in [7, 11) is 0. The number of nitrogens with one attached hydrogen (secondary N) is 1. The van der Waals surface area contributed by atoms with Crippen molar-refractivity contribution < 1.29 is 18.0 Å². The van der Waals surface area contributed by atoms with Crippen LogP contribution in [0.1, 0.15) is 24.8 Å². The molecular formula is C12H13F3N2O. The molecule has 3 N–H and O–H groups in total. The van der Waals surface area contributed by atoms with Gasteiger partial charge in [0.25, 0.3) is 0 Å². The molecule has 0 saturated heterocycles. The van der Waals surface area contributed by atoms with E-state index in [0.29, 0.717) is 0 Å². The number of hydrogen-bond acceptors (Lipinski definition) is 2. The van der Waals surface area contributed by atoms with E-state index >= 15 is 0 Å². The standard InChI is InChI=1S/C12H13F3N2O/c13-12(14,15)8-4-5-10(9(16)6-8)17-11(18)7-2-1-3-7/h4-7H,1-3,16H2,(H,17,18). The summed E-state index contributed by atoms with van der Waals surface area (Å²) in [5, 5.41) is 2.56. The third-order valence-electron chi connectivity index (χ3n) is 3.11. The minimum Gasteiger partial charge on any atom is -0.397 e. The molecule has 18 heavy (non-hydrogen) atoms. The average Bonchev–Trinajstić information content (AvgIpc) is 2.16. The van der Waals surface area contributed by atoms with Crippen molar-refractivity contribution in [2.45, 2.75) is 25.4 Å². The minimum absolute atomic E-state index is 0.0355. The fraction of sp³-hybridized carbons (Fsp3) is 0.417. The van der Waals surface area contributed by atoms with Gasteiger partial charge in [-0.05, 0) is 31.0 Å². The lowest BCUT2D eigenvalue weighted by molar-refractivity contribution is -0.137. The summed E-state index contributed by atoms with van der Waals surface area (Å²) in [4.78, 5) is 11.6. The zero-order valence-electron chi connectivity index (χ0n) is 9.55. The fourth-order valence-corrected chi connectivity index (χ4v) is 1.76. The Morgan fingerprint density at radius 1 is 1.33 bits per heavy atom. The van der Waals surface area contributed by atoms with E-state index < -0.39 is 11.7 Å². The summed E-state index contributed by atoms with van der Waals surface area (Å²) in [5.41, 5.74) is 4.86. The van der Waals surface area contributed by atoms with Crippen molar-refractivity contribution in [3.05, 3.63) is 23.8 Å². The third-order valence-corrected chi connectivity index (χ3v) is 3.11. The molecule has 1 aliphatic carbocycles. The number of rotatable bonds is 2. The van der Waals surface area contributed by atoms with E-state index in [0.717, 1.165) is 31.4 Å². The van der Waals surface area contributed by atoms with E-state index in [4.69, 9.17) is 5.73 Å². The molecule has 6 heteroatoms. The van der Waals surface area contributed by atoms with Crippen molar-refractivity contribution in [1.29, 1.82) is 0 Å². The smallest absolute Gasteiger partial charge is 0.397 e. The van der Waals surface area contributed by atoms with Gasteiger partial charge in [-0.2, -0.15) is 13.2 Å². The van der Waals surface area contributed by atoms with Crippen LogP contribution in [0.3, 0.4) is 0 Å². The Morgan fingerprint density at radius 3 is 2.44 bits per heavy atom. The fourth-order valence-electron chi connectivity index (χ4n) is 1.76. The van der Waals surface area contributed by atoms with Gasteiger partial charge in [0, 0.05) is 5.92 Å². The molecule has 3 nitrogen and oxygen atoms in total. The van der Waals surface area contributed by atoms with Gasteiger partial charge in [-0.15, -0.1) is 0 Å². The molecule has 0 aliphatic heterocycles. The van der Waals surface area contributed by atoms with Crippen molar-refractivity contribution in [2.75, 3.05) is 11.1 Å². The first-order valence-electron chi connectivity index (χ1n) is 5.65.